The summed E-state index contributed by atoms with van der Waals surface area (Å²) in [5, 5.41) is 6.68. The van der Waals surface area contributed by atoms with Crippen molar-refractivity contribution in [3.8, 4) is 50.9 Å². The summed E-state index contributed by atoms with van der Waals surface area (Å²) >= 11 is 0. The summed E-state index contributed by atoms with van der Waals surface area (Å²) in [6, 6.07) is 24.8. The quantitative estimate of drug-likeness (QED) is 0.123. The number of ether oxygens (including phenoxy) is 1. The Labute approximate surface area is 322 Å². The summed E-state index contributed by atoms with van der Waals surface area (Å²) in [6.45, 7) is 6.51. The van der Waals surface area contributed by atoms with Gasteiger partial charge < -0.3 is 9.30 Å². The molecule has 0 aliphatic heterocycles. The van der Waals surface area contributed by atoms with Crippen LogP contribution >= 0.6 is 0 Å². The summed E-state index contributed by atoms with van der Waals surface area (Å²) in [5.41, 5.74) is 3.60. The minimum absolute atomic E-state index is 0.0820. The Kier molecular flexibility index (Phi) is 5.65. The van der Waals surface area contributed by atoms with Crippen molar-refractivity contribution in [2.45, 2.75) is 26.2 Å². The van der Waals surface area contributed by atoms with Crippen molar-refractivity contribution in [2.75, 3.05) is 0 Å². The Morgan fingerprint density at radius 1 is 0.679 bits per heavy atom. The third-order valence-corrected chi connectivity index (χ3v) is 9.08. The number of aromatic nitrogens is 5. The van der Waals surface area contributed by atoms with Gasteiger partial charge in [0.05, 0.1) is 30.4 Å². The minimum Gasteiger partial charge on any atom is -0.458 e. The lowest BCUT2D eigenvalue weighted by atomic mass is 9.88. The first-order valence-electron chi connectivity index (χ1n) is 22.0. The first-order valence-corrected chi connectivity index (χ1v) is 17.0. The molecule has 0 saturated carbocycles. The molecule has 6 aromatic carbocycles. The Morgan fingerprint density at radius 3 is 2.09 bits per heavy atom. The summed E-state index contributed by atoms with van der Waals surface area (Å²) < 4.78 is 96.7. The van der Waals surface area contributed by atoms with Crippen LogP contribution < -0.4 is 9.30 Å². The lowest BCUT2D eigenvalue weighted by Gasteiger charge is -2.20. The maximum atomic E-state index is 8.81. The number of benzene rings is 6. The molecule has 6 heteroatoms. The molecule has 0 amide bonds. The van der Waals surface area contributed by atoms with Gasteiger partial charge in [0.2, 0.25) is 6.33 Å². The lowest BCUT2D eigenvalue weighted by molar-refractivity contribution is -0.599. The molecule has 3 aromatic heterocycles. The van der Waals surface area contributed by atoms with Crippen LogP contribution in [0.2, 0.25) is 0 Å². The van der Waals surface area contributed by atoms with E-state index in [1.165, 1.54) is 21.6 Å². The number of hydrogen-bond donors (Lipinski definition) is 0. The van der Waals surface area contributed by atoms with Crippen molar-refractivity contribution in [3.63, 3.8) is 0 Å². The monoisotopic (exact) mass is 697 g/mol. The minimum atomic E-state index is -0.573. The molecule has 0 radical (unpaired) electrons. The van der Waals surface area contributed by atoms with E-state index >= 15 is 0 Å². The molecule has 0 atom stereocenters. The van der Waals surface area contributed by atoms with Gasteiger partial charge in [0, 0.05) is 28.7 Å². The summed E-state index contributed by atoms with van der Waals surface area (Å²) in [7, 11) is 0. The van der Waals surface area contributed by atoms with Crippen LogP contribution in [0.5, 0.6) is 11.5 Å². The van der Waals surface area contributed by atoms with Crippen LogP contribution in [0.3, 0.4) is 0 Å². The van der Waals surface area contributed by atoms with E-state index in [1.54, 1.807) is 36.4 Å². The van der Waals surface area contributed by atoms with Crippen LogP contribution in [0.4, 0.5) is 0 Å². The zero-order valence-corrected chi connectivity index (χ0v) is 29.0. The average Bonchev–Trinajstić information content (AvgIpc) is 3.90. The van der Waals surface area contributed by atoms with E-state index < -0.39 is 60.4 Å². The smallest absolute Gasteiger partial charge is 0.212 e. The Morgan fingerprint density at radius 2 is 1.36 bits per heavy atom. The number of fused-ring (bicyclic) bond motifs is 3. The van der Waals surface area contributed by atoms with Crippen LogP contribution in [0, 0.1) is 6.33 Å². The van der Waals surface area contributed by atoms with Crippen molar-refractivity contribution < 1.29 is 23.0 Å². The maximum absolute atomic E-state index is 8.81. The lowest BCUT2D eigenvalue weighted by Crippen LogP contribution is -2.30. The Balaban J connectivity index is 1.15. The molecule has 0 unspecified atom stereocenters. The molecule has 6 nitrogen and oxygen atoms in total. The molecule has 0 saturated heterocycles. The van der Waals surface area contributed by atoms with E-state index in [0.717, 1.165) is 33.2 Å². The van der Waals surface area contributed by atoms with Gasteiger partial charge >= 0.3 is 0 Å². The number of pyridine rings is 1. The van der Waals surface area contributed by atoms with E-state index in [9.17, 15) is 0 Å². The van der Waals surface area contributed by atoms with Crippen LogP contribution in [0.15, 0.2) is 170 Å². The van der Waals surface area contributed by atoms with Crippen LogP contribution in [-0.4, -0.2) is 19.3 Å². The van der Waals surface area contributed by atoms with Crippen LogP contribution in [-0.2, 0) is 5.41 Å². The molecule has 0 spiro atoms. The summed E-state index contributed by atoms with van der Waals surface area (Å²) in [4.78, 5) is 4.78. The topological polar surface area (TPSA) is 48.8 Å². The van der Waals surface area contributed by atoms with Gasteiger partial charge in [-0.05, 0) is 80.8 Å². The van der Waals surface area contributed by atoms with Gasteiger partial charge in [0.15, 0.2) is 6.33 Å². The molecular formula is C47H37N5O. The fraction of sp³-hybridized carbons (Fsp3) is 0.0851. The van der Waals surface area contributed by atoms with E-state index in [2.05, 4.69) is 55.0 Å². The summed E-state index contributed by atoms with van der Waals surface area (Å²) in [6.07, 6.45) is 6.37. The highest BCUT2D eigenvalue weighted by Crippen LogP contribution is 2.36. The van der Waals surface area contributed by atoms with Gasteiger partial charge in [-0.25, -0.2) is 4.98 Å². The highest BCUT2D eigenvalue weighted by atomic mass is 16.5. The molecular weight excluding hydrogens is 651 g/mol. The number of hydrogen-bond acceptors (Lipinski definition) is 3. The first-order chi connectivity index (χ1) is 30.0. The van der Waals surface area contributed by atoms with E-state index in [-0.39, 0.29) is 33.4 Å². The molecule has 0 N–H and O–H groups in total. The third kappa shape index (κ3) is 6.04. The van der Waals surface area contributed by atoms with Crippen LogP contribution in [0.25, 0.3) is 61.3 Å². The molecule has 9 rings (SSSR count). The average molecular weight is 698 g/mol. The molecule has 9 aromatic rings. The molecule has 256 valence electrons. The number of rotatable bonds is 7. The van der Waals surface area contributed by atoms with Gasteiger partial charge in [-0.15, -0.1) is 0 Å². The molecule has 0 aliphatic rings. The van der Waals surface area contributed by atoms with E-state index in [1.807, 2.05) is 42.6 Å². The van der Waals surface area contributed by atoms with Gasteiger partial charge in [0.25, 0.3) is 0 Å². The van der Waals surface area contributed by atoms with E-state index in [4.69, 9.17) is 23.4 Å². The molecule has 0 fully saturated rings. The molecule has 0 aliphatic carbocycles. The predicted molar refractivity (Wildman–Crippen MR) is 212 cm³/mol. The van der Waals surface area contributed by atoms with Gasteiger partial charge in [0.1, 0.15) is 17.3 Å². The Hall–Kier alpha value is -6.79. The van der Waals surface area contributed by atoms with Gasteiger partial charge in [-0.3, -0.25) is 4.57 Å². The first kappa shape index (κ1) is 22.9. The predicted octanol–water partition coefficient (Wildman–Crippen LogP) is 10.9. The van der Waals surface area contributed by atoms with Gasteiger partial charge in [-0.1, -0.05) is 130 Å². The molecule has 3 heterocycles. The molecule has 53 heavy (non-hydrogen) atoms. The maximum Gasteiger partial charge on any atom is 0.212 e. The number of para-hydroxylation sites is 2. The second-order valence-corrected chi connectivity index (χ2v) is 13.5. The standard InChI is InChI=1S/C47H37N5O/c1-47(2,3)35-26-27-48-45(28-35)52-43-23-11-10-20-41(43)42-25-24-38(30-44(42)52)53-37-19-12-18-36(29-37)51-32-50(31-49-51)46-39(33-14-6-4-7-15-33)21-13-22-40(46)34-16-8-5-9-17-34/h4-31H,1-3H3/i4D,5D,6D,7D,8D,9D,14D,15D,16D,17D. The second kappa shape index (κ2) is 13.1. The third-order valence-electron chi connectivity index (χ3n) is 9.08. The van der Waals surface area contributed by atoms with Crippen molar-refractivity contribution in [2.24, 2.45) is 0 Å². The molecule has 0 bridgehead atoms. The van der Waals surface area contributed by atoms with Crippen molar-refractivity contribution >= 4 is 21.8 Å². The highest BCUT2D eigenvalue weighted by molar-refractivity contribution is 6.09. The Bertz CT molecular complexity index is 3190. The second-order valence-electron chi connectivity index (χ2n) is 13.5. The largest absolute Gasteiger partial charge is 0.458 e. The van der Waals surface area contributed by atoms with Crippen LogP contribution in [0.1, 0.15) is 40.0 Å². The fourth-order valence-corrected chi connectivity index (χ4v) is 6.55. The SMILES string of the molecule is [2H]c1c([2H])c([2H])c(-c2cccc(-c3c([2H])c([2H])c([2H])c([2H])c3[2H])c2-[n+]2[c-]n(-c3cccc(Oc4ccc5c6ccccc6n(-c6cc(C(C)(C)C)ccn6)c5c4)c3)nc2)c([2H])c1[2H]. The van der Waals surface area contributed by atoms with E-state index in [0.29, 0.717) is 17.2 Å². The zero-order valence-electron chi connectivity index (χ0n) is 39.0. The highest BCUT2D eigenvalue weighted by Gasteiger charge is 2.19. The zero-order chi connectivity index (χ0) is 44.6. The normalized spacial score (nSPS) is 14.3. The summed E-state index contributed by atoms with van der Waals surface area (Å²) in [5.74, 6) is 1.85. The van der Waals surface area contributed by atoms with Crippen molar-refractivity contribution in [1.29, 1.82) is 0 Å². The fourth-order valence-electron chi connectivity index (χ4n) is 6.55. The number of nitrogens with zero attached hydrogens (tertiary/aromatic N) is 5. The van der Waals surface area contributed by atoms with Crippen molar-refractivity contribution in [1.82, 2.24) is 19.3 Å². The van der Waals surface area contributed by atoms with Crippen molar-refractivity contribution in [3.05, 3.63) is 182 Å². The van der Waals surface area contributed by atoms with Gasteiger partial charge in [-0.2, -0.15) is 4.68 Å².